The highest BCUT2D eigenvalue weighted by Crippen LogP contribution is 2.17. The van der Waals surface area contributed by atoms with Crippen molar-refractivity contribution in [2.45, 2.75) is 19.4 Å². The van der Waals surface area contributed by atoms with Crippen LogP contribution in [0.2, 0.25) is 0 Å². The van der Waals surface area contributed by atoms with Crippen LogP contribution in [0.15, 0.2) is 36.9 Å². The number of carbonyl (C=O) groups excluding carboxylic acids is 3. The van der Waals surface area contributed by atoms with Crippen LogP contribution in [0.1, 0.15) is 23.7 Å². The van der Waals surface area contributed by atoms with E-state index in [2.05, 4.69) is 11.9 Å². The number of nitrogens with zero attached hydrogens (tertiary/aromatic N) is 1. The van der Waals surface area contributed by atoms with Gasteiger partial charge in [0.2, 0.25) is 5.91 Å². The average molecular weight is 346 g/mol. The third-order valence-corrected chi connectivity index (χ3v) is 3.73. The van der Waals surface area contributed by atoms with Crippen LogP contribution in [0.25, 0.3) is 0 Å². The fourth-order valence-electron chi connectivity index (χ4n) is 2.55. The zero-order valence-electron chi connectivity index (χ0n) is 14.2. The van der Waals surface area contributed by atoms with E-state index < -0.39 is 12.0 Å². The predicted molar refractivity (Wildman–Crippen MR) is 91.2 cm³/mol. The van der Waals surface area contributed by atoms with Crippen LogP contribution in [-0.2, 0) is 14.3 Å². The van der Waals surface area contributed by atoms with E-state index in [-0.39, 0.29) is 24.8 Å². The van der Waals surface area contributed by atoms with E-state index in [0.717, 1.165) is 0 Å². The lowest BCUT2D eigenvalue weighted by atomic mass is 10.1. The first-order valence-corrected chi connectivity index (χ1v) is 8.15. The van der Waals surface area contributed by atoms with Crippen molar-refractivity contribution >= 4 is 17.8 Å². The summed E-state index contributed by atoms with van der Waals surface area (Å²) >= 11 is 0. The summed E-state index contributed by atoms with van der Waals surface area (Å²) in [6.07, 6.45) is 1.47. The quantitative estimate of drug-likeness (QED) is 0.591. The largest absolute Gasteiger partial charge is 0.490 e. The number of hydrogen-bond donors (Lipinski definition) is 1. The zero-order valence-corrected chi connectivity index (χ0v) is 14.2. The molecule has 1 saturated heterocycles. The maximum atomic E-state index is 12.8. The van der Waals surface area contributed by atoms with Gasteiger partial charge in [-0.05, 0) is 31.2 Å². The molecule has 1 aliphatic rings. The van der Waals surface area contributed by atoms with Gasteiger partial charge in [-0.3, -0.25) is 14.4 Å². The summed E-state index contributed by atoms with van der Waals surface area (Å²) in [7, 11) is 0. The predicted octanol–water partition coefficient (Wildman–Crippen LogP) is 1.15. The monoisotopic (exact) mass is 346 g/mol. The van der Waals surface area contributed by atoms with Gasteiger partial charge in [-0.2, -0.15) is 0 Å². The number of carbonyl (C=O) groups is 3. The van der Waals surface area contributed by atoms with Crippen molar-refractivity contribution in [1.82, 2.24) is 10.2 Å². The Kier molecular flexibility index (Phi) is 6.56. The number of benzene rings is 1. The smallest absolute Gasteiger partial charge is 0.308 e. The van der Waals surface area contributed by atoms with E-state index in [1.54, 1.807) is 37.3 Å². The highest BCUT2D eigenvalue weighted by molar-refractivity contribution is 5.99. The molecule has 1 aromatic carbocycles. The normalized spacial score (nSPS) is 16.8. The number of piperazine rings is 1. The van der Waals surface area contributed by atoms with Crippen LogP contribution in [0, 0.1) is 0 Å². The summed E-state index contributed by atoms with van der Waals surface area (Å²) in [5.74, 6) is -0.538. The third kappa shape index (κ3) is 4.82. The lowest BCUT2D eigenvalue weighted by Gasteiger charge is -2.34. The summed E-state index contributed by atoms with van der Waals surface area (Å²) < 4.78 is 10.3. The van der Waals surface area contributed by atoms with Gasteiger partial charge in [0.1, 0.15) is 18.4 Å². The Morgan fingerprint density at radius 1 is 1.36 bits per heavy atom. The number of nitrogens with one attached hydrogen (secondary N) is 1. The summed E-state index contributed by atoms with van der Waals surface area (Å²) in [6, 6.07) is 5.77. The molecule has 0 spiro atoms. The second kappa shape index (κ2) is 8.86. The molecule has 1 unspecified atom stereocenters. The standard InChI is InChI=1S/C18H22N2O5/c1-3-11-25-14-7-5-13(6-8-14)18(23)20-10-9-19-17(22)15(20)12-16(21)24-4-2/h3,5-8,15H,1,4,9-12H2,2H3,(H,19,22). The van der Waals surface area contributed by atoms with Crippen molar-refractivity contribution in [2.24, 2.45) is 0 Å². The molecule has 25 heavy (non-hydrogen) atoms. The molecule has 1 atom stereocenters. The van der Waals surface area contributed by atoms with Crippen molar-refractivity contribution in [1.29, 1.82) is 0 Å². The minimum atomic E-state index is -0.864. The number of esters is 1. The highest BCUT2D eigenvalue weighted by Gasteiger charge is 2.35. The molecular formula is C18H22N2O5. The maximum absolute atomic E-state index is 12.8. The van der Waals surface area contributed by atoms with Gasteiger partial charge in [-0.1, -0.05) is 12.7 Å². The summed E-state index contributed by atoms with van der Waals surface area (Å²) in [5.41, 5.74) is 0.425. The first-order chi connectivity index (χ1) is 12.1. The van der Waals surface area contributed by atoms with E-state index in [9.17, 15) is 14.4 Å². The van der Waals surface area contributed by atoms with Gasteiger partial charge in [0.25, 0.3) is 5.91 Å². The SMILES string of the molecule is C=CCOc1ccc(C(=O)N2CCNC(=O)C2CC(=O)OCC)cc1. The Morgan fingerprint density at radius 2 is 2.08 bits per heavy atom. The van der Waals surface area contributed by atoms with Gasteiger partial charge in [0.05, 0.1) is 13.0 Å². The molecule has 0 bridgehead atoms. The lowest BCUT2D eigenvalue weighted by Crippen LogP contribution is -2.57. The van der Waals surface area contributed by atoms with Gasteiger partial charge < -0.3 is 19.7 Å². The Hall–Kier alpha value is -2.83. The topological polar surface area (TPSA) is 84.9 Å². The van der Waals surface area contributed by atoms with Gasteiger partial charge >= 0.3 is 5.97 Å². The molecule has 1 aromatic rings. The molecule has 2 rings (SSSR count). The molecule has 0 aromatic heterocycles. The van der Waals surface area contributed by atoms with Crippen LogP contribution in [0.4, 0.5) is 0 Å². The van der Waals surface area contributed by atoms with Crippen LogP contribution >= 0.6 is 0 Å². The van der Waals surface area contributed by atoms with E-state index in [4.69, 9.17) is 9.47 Å². The van der Waals surface area contributed by atoms with Gasteiger partial charge in [0.15, 0.2) is 0 Å². The van der Waals surface area contributed by atoms with Gasteiger partial charge in [-0.25, -0.2) is 0 Å². The molecule has 7 heteroatoms. The van der Waals surface area contributed by atoms with E-state index in [1.807, 2.05) is 0 Å². The fourth-order valence-corrected chi connectivity index (χ4v) is 2.55. The number of rotatable bonds is 7. The zero-order chi connectivity index (χ0) is 18.2. The van der Waals surface area contributed by atoms with Crippen molar-refractivity contribution < 1.29 is 23.9 Å². The molecule has 0 aliphatic carbocycles. The van der Waals surface area contributed by atoms with Crippen LogP contribution in [0.5, 0.6) is 5.75 Å². The molecule has 1 fully saturated rings. The molecule has 1 aliphatic heterocycles. The van der Waals surface area contributed by atoms with Crippen molar-refractivity contribution in [2.75, 3.05) is 26.3 Å². The number of ether oxygens (including phenoxy) is 2. The first-order valence-electron chi connectivity index (χ1n) is 8.15. The van der Waals surface area contributed by atoms with E-state index >= 15 is 0 Å². The van der Waals surface area contributed by atoms with Crippen LogP contribution in [0.3, 0.4) is 0 Å². The molecule has 1 N–H and O–H groups in total. The van der Waals surface area contributed by atoms with Crippen molar-refractivity contribution in [3.8, 4) is 5.75 Å². The third-order valence-electron chi connectivity index (χ3n) is 3.73. The highest BCUT2D eigenvalue weighted by atomic mass is 16.5. The average Bonchev–Trinajstić information content (AvgIpc) is 2.62. The Labute approximate surface area is 146 Å². The number of hydrogen-bond acceptors (Lipinski definition) is 5. The molecule has 134 valence electrons. The minimum Gasteiger partial charge on any atom is -0.490 e. The lowest BCUT2D eigenvalue weighted by molar-refractivity contribution is -0.147. The second-order valence-corrected chi connectivity index (χ2v) is 5.44. The first kappa shape index (κ1) is 18.5. The Bertz CT molecular complexity index is 641. The fraction of sp³-hybridized carbons (Fsp3) is 0.389. The molecular weight excluding hydrogens is 324 g/mol. The van der Waals surface area contributed by atoms with Crippen LogP contribution < -0.4 is 10.1 Å². The number of amides is 2. The molecule has 0 saturated carbocycles. The molecule has 2 amide bonds. The minimum absolute atomic E-state index is 0.161. The summed E-state index contributed by atoms with van der Waals surface area (Å²) in [6.45, 7) is 6.56. The van der Waals surface area contributed by atoms with Crippen molar-refractivity contribution in [3.05, 3.63) is 42.5 Å². The maximum Gasteiger partial charge on any atom is 0.308 e. The second-order valence-electron chi connectivity index (χ2n) is 5.44. The molecule has 0 radical (unpaired) electrons. The van der Waals surface area contributed by atoms with E-state index in [0.29, 0.717) is 31.0 Å². The Balaban J connectivity index is 2.12. The summed E-state index contributed by atoms with van der Waals surface area (Å²) in [5, 5.41) is 2.68. The van der Waals surface area contributed by atoms with Crippen molar-refractivity contribution in [3.63, 3.8) is 0 Å². The van der Waals surface area contributed by atoms with Crippen LogP contribution in [-0.4, -0.2) is 55.0 Å². The van der Waals surface area contributed by atoms with Gasteiger partial charge in [0, 0.05) is 18.7 Å². The van der Waals surface area contributed by atoms with Gasteiger partial charge in [-0.15, -0.1) is 0 Å². The Morgan fingerprint density at radius 3 is 2.72 bits per heavy atom. The molecule has 1 heterocycles. The summed E-state index contributed by atoms with van der Waals surface area (Å²) in [4.78, 5) is 38.0. The van der Waals surface area contributed by atoms with E-state index in [1.165, 1.54) is 4.90 Å². The molecule has 7 nitrogen and oxygen atoms in total.